The first-order valence-electron chi connectivity index (χ1n) is 9.51. The number of Topliss-reactive ketones (excluding diaryl/α,β-unsaturated/α-hetero) is 2. The maximum atomic E-state index is 12.0. The summed E-state index contributed by atoms with van der Waals surface area (Å²) in [4.78, 5) is 23.4. The van der Waals surface area contributed by atoms with Gasteiger partial charge in [-0.15, -0.1) is 0 Å². The van der Waals surface area contributed by atoms with E-state index < -0.39 is 20.8 Å². The van der Waals surface area contributed by atoms with Gasteiger partial charge in [0.1, 0.15) is 20.1 Å². The highest BCUT2D eigenvalue weighted by molar-refractivity contribution is 7.98. The molecule has 4 unspecified atom stereocenters. The summed E-state index contributed by atoms with van der Waals surface area (Å²) < 4.78 is 33.5. The molecule has 0 saturated heterocycles. The van der Waals surface area contributed by atoms with Gasteiger partial charge in [0.25, 0.3) is 0 Å². The van der Waals surface area contributed by atoms with Gasteiger partial charge in [-0.1, -0.05) is 34.6 Å². The average molecular weight is 421 g/mol. The molecule has 0 spiro atoms. The highest BCUT2D eigenvalue weighted by atomic mass is 32.2. The Hall–Kier alpha value is -0.400. The Labute approximate surface area is 168 Å². The molecule has 0 radical (unpaired) electrons. The number of carbonyl (C=O) groups excluding carboxylic acids is 2. The van der Waals surface area contributed by atoms with Crippen LogP contribution in [0.1, 0.15) is 68.2 Å². The van der Waals surface area contributed by atoms with Crippen LogP contribution in [-0.2, 0) is 30.6 Å². The highest BCUT2D eigenvalue weighted by Crippen LogP contribution is 2.64. The van der Waals surface area contributed by atoms with E-state index in [9.17, 15) is 22.6 Å². The van der Waals surface area contributed by atoms with Gasteiger partial charge in [0.2, 0.25) is 0 Å². The van der Waals surface area contributed by atoms with E-state index in [1.54, 1.807) is 6.92 Å². The molecule has 2 aliphatic rings. The molecule has 0 amide bonds. The van der Waals surface area contributed by atoms with Crippen LogP contribution in [0.3, 0.4) is 0 Å². The lowest BCUT2D eigenvalue weighted by Crippen LogP contribution is -2.38. The molecule has 0 aromatic heterocycles. The van der Waals surface area contributed by atoms with Crippen molar-refractivity contribution in [2.45, 2.75) is 78.2 Å². The Balaban J connectivity index is 0.000000279. The van der Waals surface area contributed by atoms with Crippen LogP contribution in [0.25, 0.3) is 0 Å². The molecule has 2 rings (SSSR count). The fourth-order valence-corrected chi connectivity index (χ4v) is 6.53. The molecule has 2 saturated carbocycles. The van der Waals surface area contributed by atoms with Crippen molar-refractivity contribution >= 4 is 32.6 Å². The standard InChI is InChI=1S/C10H16O4S.C10H21OS/c1-9(2)6-4-5-10(9,3)8(11)7(6)15(12,13)14;1-8(2)9(11)7-12(6)10(3,4)5/h6-7H,4-5H2,1-3H3,(H,12,13,14);8H,7H2,1-6H3/q;+1/p-1. The number of fused-ring (bicyclic) bond motifs is 2. The maximum absolute atomic E-state index is 12.0. The van der Waals surface area contributed by atoms with Gasteiger partial charge >= 0.3 is 0 Å². The van der Waals surface area contributed by atoms with E-state index in [-0.39, 0.29) is 38.7 Å². The molecule has 0 aromatic rings. The maximum Gasteiger partial charge on any atom is 0.184 e. The van der Waals surface area contributed by atoms with Crippen molar-refractivity contribution in [3.8, 4) is 0 Å². The second kappa shape index (κ2) is 7.79. The van der Waals surface area contributed by atoms with Crippen molar-refractivity contribution in [1.82, 2.24) is 0 Å². The third kappa shape index (κ3) is 4.78. The quantitative estimate of drug-likeness (QED) is 0.514. The first-order valence-corrected chi connectivity index (χ1v) is 12.8. The van der Waals surface area contributed by atoms with Crippen LogP contribution in [0.15, 0.2) is 0 Å². The van der Waals surface area contributed by atoms with Crippen LogP contribution >= 0.6 is 0 Å². The van der Waals surface area contributed by atoms with Gasteiger partial charge in [0.15, 0.2) is 17.3 Å². The summed E-state index contributed by atoms with van der Waals surface area (Å²) >= 11 is 0. The Morgan fingerprint density at radius 3 is 2.00 bits per heavy atom. The summed E-state index contributed by atoms with van der Waals surface area (Å²) in [7, 11) is -4.28. The Morgan fingerprint density at radius 2 is 1.74 bits per heavy atom. The number of hydrogen-bond acceptors (Lipinski definition) is 5. The second-order valence-corrected chi connectivity index (χ2v) is 14.3. The van der Waals surface area contributed by atoms with Gasteiger partial charge in [0, 0.05) is 11.3 Å². The molecular weight excluding hydrogens is 384 g/mol. The fraction of sp³-hybridized carbons (Fsp3) is 0.900. The summed E-state index contributed by atoms with van der Waals surface area (Å²) in [5, 5.41) is -1.30. The van der Waals surface area contributed by atoms with E-state index in [2.05, 4.69) is 27.0 Å². The van der Waals surface area contributed by atoms with Crippen LogP contribution in [0.2, 0.25) is 0 Å². The lowest BCUT2D eigenvalue weighted by atomic mass is 9.70. The molecule has 0 heterocycles. The van der Waals surface area contributed by atoms with Crippen molar-refractivity contribution < 1.29 is 22.6 Å². The molecule has 158 valence electrons. The predicted octanol–water partition coefficient (Wildman–Crippen LogP) is 3.18. The minimum absolute atomic E-state index is 0.197. The third-order valence-electron chi connectivity index (χ3n) is 6.83. The minimum Gasteiger partial charge on any atom is -0.747 e. The summed E-state index contributed by atoms with van der Waals surface area (Å²) in [5.41, 5.74) is -0.994. The van der Waals surface area contributed by atoms with Crippen molar-refractivity contribution in [3.63, 3.8) is 0 Å². The second-order valence-electron chi connectivity index (χ2n) is 9.99. The molecule has 0 aliphatic heterocycles. The van der Waals surface area contributed by atoms with Crippen LogP contribution in [0.4, 0.5) is 0 Å². The summed E-state index contributed by atoms with van der Waals surface area (Å²) in [5.74, 6) is 0.690. The SMILES string of the molecule is CC(C)C(=O)C[S+](C)C(C)(C)C.CC12CCC(C(S(=O)(=O)[O-])C1=O)C2(C)C. The summed E-state index contributed by atoms with van der Waals surface area (Å²) in [6.07, 6.45) is 3.55. The number of carbonyl (C=O) groups is 2. The van der Waals surface area contributed by atoms with E-state index in [0.29, 0.717) is 18.6 Å². The molecular formula is C20H36O5S2. The molecule has 2 fully saturated rings. The van der Waals surface area contributed by atoms with Crippen LogP contribution in [0.5, 0.6) is 0 Å². The van der Waals surface area contributed by atoms with E-state index in [4.69, 9.17) is 0 Å². The van der Waals surface area contributed by atoms with Gasteiger partial charge < -0.3 is 4.55 Å². The molecule has 7 heteroatoms. The summed E-state index contributed by atoms with van der Waals surface area (Å²) in [6.45, 7) is 16.1. The lowest BCUT2D eigenvalue weighted by molar-refractivity contribution is -0.128. The number of rotatable bonds is 4. The summed E-state index contributed by atoms with van der Waals surface area (Å²) in [6, 6.07) is 0. The van der Waals surface area contributed by atoms with E-state index in [1.165, 1.54) is 0 Å². The van der Waals surface area contributed by atoms with Crippen LogP contribution in [-0.4, -0.2) is 46.5 Å². The van der Waals surface area contributed by atoms with Gasteiger partial charge in [-0.05, 0) is 55.8 Å². The molecule has 2 aliphatic carbocycles. The van der Waals surface area contributed by atoms with Gasteiger partial charge in [-0.3, -0.25) is 9.59 Å². The Morgan fingerprint density at radius 1 is 1.26 bits per heavy atom. The monoisotopic (exact) mass is 420 g/mol. The highest BCUT2D eigenvalue weighted by Gasteiger charge is 2.67. The van der Waals surface area contributed by atoms with Crippen LogP contribution in [0, 0.1) is 22.7 Å². The molecule has 2 bridgehead atoms. The Bertz CT molecular complexity index is 688. The van der Waals surface area contributed by atoms with Crippen molar-refractivity contribution in [1.29, 1.82) is 0 Å². The zero-order valence-electron chi connectivity index (χ0n) is 18.2. The van der Waals surface area contributed by atoms with Gasteiger partial charge in [0.05, 0.1) is 6.26 Å². The van der Waals surface area contributed by atoms with E-state index >= 15 is 0 Å². The largest absolute Gasteiger partial charge is 0.747 e. The molecule has 4 atom stereocenters. The van der Waals surface area contributed by atoms with E-state index in [1.807, 2.05) is 27.7 Å². The zero-order valence-corrected chi connectivity index (χ0v) is 19.8. The molecule has 0 N–H and O–H groups in total. The van der Waals surface area contributed by atoms with E-state index in [0.717, 1.165) is 5.75 Å². The number of hydrogen-bond donors (Lipinski definition) is 0. The first-order chi connectivity index (χ1) is 11.9. The van der Waals surface area contributed by atoms with Crippen molar-refractivity contribution in [2.24, 2.45) is 22.7 Å². The first kappa shape index (κ1) is 24.6. The topological polar surface area (TPSA) is 91.3 Å². The Kier molecular flexibility index (Phi) is 7.11. The lowest BCUT2D eigenvalue weighted by Gasteiger charge is -2.32. The molecule has 27 heavy (non-hydrogen) atoms. The van der Waals surface area contributed by atoms with Crippen molar-refractivity contribution in [3.05, 3.63) is 0 Å². The van der Waals surface area contributed by atoms with Gasteiger partial charge in [-0.25, -0.2) is 8.42 Å². The number of ketones is 2. The van der Waals surface area contributed by atoms with Crippen LogP contribution < -0.4 is 0 Å². The predicted molar refractivity (Wildman–Crippen MR) is 111 cm³/mol. The van der Waals surface area contributed by atoms with Gasteiger partial charge in [-0.2, -0.15) is 0 Å². The molecule has 5 nitrogen and oxygen atoms in total. The van der Waals surface area contributed by atoms with Crippen molar-refractivity contribution in [2.75, 3.05) is 12.0 Å². The average Bonchev–Trinajstić information content (AvgIpc) is 2.77. The smallest absolute Gasteiger partial charge is 0.184 e. The normalized spacial score (nSPS) is 30.9. The zero-order chi connectivity index (χ0) is 21.6. The molecule has 0 aromatic carbocycles. The third-order valence-corrected chi connectivity index (χ3v) is 10.8. The fourth-order valence-electron chi connectivity index (χ4n) is 3.93. The minimum atomic E-state index is -4.49.